The molecule has 9 nitrogen and oxygen atoms in total. The van der Waals surface area contributed by atoms with Gasteiger partial charge in [-0.25, -0.2) is 9.18 Å². The van der Waals surface area contributed by atoms with Crippen LogP contribution in [0.3, 0.4) is 0 Å². The number of H-pyrrole nitrogens is 1. The van der Waals surface area contributed by atoms with E-state index >= 15 is 4.39 Å². The van der Waals surface area contributed by atoms with Crippen LogP contribution in [0.4, 0.5) is 10.1 Å². The number of hydrogen-bond acceptors (Lipinski definition) is 6. The van der Waals surface area contributed by atoms with Gasteiger partial charge in [0.25, 0.3) is 11.5 Å². The van der Waals surface area contributed by atoms with Gasteiger partial charge in [0.1, 0.15) is 17.1 Å². The van der Waals surface area contributed by atoms with Crippen molar-refractivity contribution < 1.29 is 19.0 Å². The Bertz CT molecular complexity index is 1770. The molecule has 3 aromatic carbocycles. The lowest BCUT2D eigenvalue weighted by molar-refractivity contribution is 0.0793. The molecule has 10 heteroatoms. The third kappa shape index (κ3) is 6.35. The van der Waals surface area contributed by atoms with Crippen molar-refractivity contribution >= 4 is 11.6 Å². The second-order valence-electron chi connectivity index (χ2n) is 10.8. The van der Waals surface area contributed by atoms with Crippen LogP contribution in [0.25, 0.3) is 22.3 Å². The Hall–Kier alpha value is -4.54. The lowest BCUT2D eigenvalue weighted by Crippen LogP contribution is -2.37. The highest BCUT2D eigenvalue weighted by Crippen LogP contribution is 2.37. The zero-order chi connectivity index (χ0) is 30.8. The van der Waals surface area contributed by atoms with Gasteiger partial charge in [0.2, 0.25) is 0 Å². The van der Waals surface area contributed by atoms with Gasteiger partial charge in [0.15, 0.2) is 0 Å². The van der Waals surface area contributed by atoms with Crippen molar-refractivity contribution in [3.63, 3.8) is 0 Å². The molecule has 42 heavy (non-hydrogen) atoms. The number of aromatic nitrogens is 2. The third-order valence-electron chi connectivity index (χ3n) is 7.18. The molecule has 0 aliphatic heterocycles. The van der Waals surface area contributed by atoms with Crippen LogP contribution >= 0.6 is 0 Å². The molecule has 0 bridgehead atoms. The fourth-order valence-electron chi connectivity index (χ4n) is 4.83. The summed E-state index contributed by atoms with van der Waals surface area (Å²) in [6.07, 6.45) is 1.11. The Morgan fingerprint density at radius 1 is 1.05 bits per heavy atom. The first kappa shape index (κ1) is 30.4. The minimum atomic E-state index is -0.932. The summed E-state index contributed by atoms with van der Waals surface area (Å²) in [7, 11) is 2.79. The van der Waals surface area contributed by atoms with Gasteiger partial charge in [-0.15, -0.1) is 0 Å². The van der Waals surface area contributed by atoms with E-state index in [0.29, 0.717) is 29.1 Å². The largest absolute Gasteiger partial charge is 0.496 e. The maximum atomic E-state index is 15.3. The number of carbonyl (C=O) groups is 1. The number of halogens is 1. The summed E-state index contributed by atoms with van der Waals surface area (Å²) >= 11 is 0. The maximum Gasteiger partial charge on any atom is 0.328 e. The fraction of sp³-hybridized carbons (Fsp3) is 0.281. The van der Waals surface area contributed by atoms with E-state index < -0.39 is 28.6 Å². The molecule has 0 atom stereocenters. The first-order valence-electron chi connectivity index (χ1n) is 13.4. The Kier molecular flexibility index (Phi) is 8.79. The normalized spacial score (nSPS) is 11.4. The van der Waals surface area contributed by atoms with Crippen LogP contribution < -0.4 is 26.6 Å². The minimum Gasteiger partial charge on any atom is -0.496 e. The number of hydrogen-bond donors (Lipinski definition) is 4. The van der Waals surface area contributed by atoms with E-state index in [-0.39, 0.29) is 12.1 Å². The second-order valence-corrected chi connectivity index (χ2v) is 10.8. The number of benzene rings is 3. The lowest BCUT2D eigenvalue weighted by Gasteiger charge is -2.20. The molecule has 1 heterocycles. The monoisotopic (exact) mass is 574 g/mol. The molecule has 0 saturated carbocycles. The van der Waals surface area contributed by atoms with Crippen molar-refractivity contribution in [1.29, 1.82) is 0 Å². The fourth-order valence-corrected chi connectivity index (χ4v) is 4.83. The summed E-state index contributed by atoms with van der Waals surface area (Å²) < 4.78 is 21.7. The molecule has 0 spiro atoms. The minimum absolute atomic E-state index is 0.185. The lowest BCUT2D eigenvalue weighted by atomic mass is 9.90. The molecular weight excluding hydrogens is 539 g/mol. The summed E-state index contributed by atoms with van der Waals surface area (Å²) in [6, 6.07) is 14.5. The Morgan fingerprint density at radius 3 is 2.36 bits per heavy atom. The van der Waals surface area contributed by atoms with Crippen LogP contribution in [-0.2, 0) is 13.6 Å². The van der Waals surface area contributed by atoms with Crippen molar-refractivity contribution in [2.24, 2.45) is 7.05 Å². The molecule has 1 amide bonds. The highest BCUT2D eigenvalue weighted by atomic mass is 19.1. The number of ether oxygens (including phenoxy) is 1. The summed E-state index contributed by atoms with van der Waals surface area (Å²) in [4.78, 5) is 39.4. The van der Waals surface area contributed by atoms with Crippen LogP contribution in [0.15, 0.2) is 64.3 Å². The molecule has 0 aliphatic rings. The van der Waals surface area contributed by atoms with Crippen LogP contribution in [-0.4, -0.2) is 39.8 Å². The van der Waals surface area contributed by atoms with Crippen molar-refractivity contribution in [2.75, 3.05) is 19.0 Å². The standard InChI is InChI=1S/C32H35FN4O5/c1-18-21(20-13-26(33)24(28(14-20)42-6)15-34-17-32(3,4)41)9-7-10-22(18)23-11-8-12-27(19(23)2)36-29(38)25-16-35-31(40)37(5)30(25)39/h7-14,16,34,41H,15,17H2,1-6H3,(H,35,40)(H,36,38). The Morgan fingerprint density at radius 2 is 1.69 bits per heavy atom. The van der Waals surface area contributed by atoms with Crippen LogP contribution in [0.1, 0.15) is 40.9 Å². The molecule has 4 N–H and O–H groups in total. The van der Waals surface area contributed by atoms with Gasteiger partial charge in [-0.2, -0.15) is 0 Å². The molecule has 0 aliphatic carbocycles. The van der Waals surface area contributed by atoms with Crippen LogP contribution in [0.5, 0.6) is 5.75 Å². The van der Waals surface area contributed by atoms with Crippen LogP contribution in [0, 0.1) is 19.7 Å². The molecular formula is C32H35FN4O5. The number of methoxy groups -OCH3 is 1. The van der Waals surface area contributed by atoms with Gasteiger partial charge in [-0.05, 0) is 79.3 Å². The number of rotatable bonds is 9. The molecule has 0 saturated heterocycles. The Balaban J connectivity index is 1.68. The summed E-state index contributed by atoms with van der Waals surface area (Å²) in [5.74, 6) is -0.670. The summed E-state index contributed by atoms with van der Waals surface area (Å²) in [5.41, 5.74) is 3.30. The smallest absolute Gasteiger partial charge is 0.328 e. The topological polar surface area (TPSA) is 125 Å². The number of anilines is 1. The zero-order valence-electron chi connectivity index (χ0n) is 24.5. The van der Waals surface area contributed by atoms with Gasteiger partial charge in [-0.1, -0.05) is 30.3 Å². The van der Waals surface area contributed by atoms with Gasteiger partial charge < -0.3 is 25.5 Å². The molecule has 4 rings (SSSR count). The number of amides is 1. The molecule has 0 radical (unpaired) electrons. The zero-order valence-corrected chi connectivity index (χ0v) is 24.5. The predicted molar refractivity (Wildman–Crippen MR) is 162 cm³/mol. The molecule has 0 fully saturated rings. The molecule has 220 valence electrons. The number of nitrogens with zero attached hydrogens (tertiary/aromatic N) is 1. The van der Waals surface area contributed by atoms with E-state index in [4.69, 9.17) is 4.74 Å². The third-order valence-corrected chi connectivity index (χ3v) is 7.18. The highest BCUT2D eigenvalue weighted by molar-refractivity contribution is 6.04. The number of aliphatic hydroxyl groups is 1. The van der Waals surface area contributed by atoms with E-state index in [0.717, 1.165) is 38.6 Å². The van der Waals surface area contributed by atoms with Gasteiger partial charge in [0.05, 0.1) is 12.7 Å². The molecule has 0 unspecified atom stereocenters. The van der Waals surface area contributed by atoms with E-state index in [9.17, 15) is 19.5 Å². The number of nitrogens with one attached hydrogen (secondary N) is 3. The summed E-state index contributed by atoms with van der Waals surface area (Å²) in [6.45, 7) is 7.64. The molecule has 4 aromatic rings. The average Bonchev–Trinajstić information content (AvgIpc) is 2.93. The van der Waals surface area contributed by atoms with Crippen molar-refractivity contribution in [3.05, 3.63) is 104 Å². The van der Waals surface area contributed by atoms with Gasteiger partial charge in [-0.3, -0.25) is 14.2 Å². The second kappa shape index (κ2) is 12.1. The number of aromatic amines is 1. The summed E-state index contributed by atoms with van der Waals surface area (Å²) in [5, 5.41) is 15.8. The van der Waals surface area contributed by atoms with E-state index in [2.05, 4.69) is 15.6 Å². The SMILES string of the molecule is COc1cc(-c2cccc(-c3cccc(NC(=O)c4c[nH]c(=O)n(C)c4=O)c3C)c2C)cc(F)c1CNCC(C)(C)O. The van der Waals surface area contributed by atoms with Crippen molar-refractivity contribution in [3.8, 4) is 28.0 Å². The maximum absolute atomic E-state index is 15.3. The van der Waals surface area contributed by atoms with E-state index in [1.54, 1.807) is 32.0 Å². The average molecular weight is 575 g/mol. The highest BCUT2D eigenvalue weighted by Gasteiger charge is 2.19. The Labute approximate surface area is 243 Å². The molecule has 1 aromatic heterocycles. The van der Waals surface area contributed by atoms with Gasteiger partial charge >= 0.3 is 5.69 Å². The first-order valence-corrected chi connectivity index (χ1v) is 13.4. The van der Waals surface area contributed by atoms with Gasteiger partial charge in [0, 0.05) is 37.6 Å². The quantitative estimate of drug-likeness (QED) is 0.237. The number of carbonyl (C=O) groups excluding carboxylic acids is 1. The van der Waals surface area contributed by atoms with Crippen molar-refractivity contribution in [1.82, 2.24) is 14.9 Å². The first-order chi connectivity index (χ1) is 19.8. The van der Waals surface area contributed by atoms with Crippen LogP contribution in [0.2, 0.25) is 0 Å². The van der Waals surface area contributed by atoms with E-state index in [1.807, 2.05) is 38.1 Å². The van der Waals surface area contributed by atoms with E-state index in [1.165, 1.54) is 20.2 Å². The van der Waals surface area contributed by atoms with Crippen molar-refractivity contribution in [2.45, 2.75) is 39.8 Å². The predicted octanol–water partition coefficient (Wildman–Crippen LogP) is 4.28.